The Morgan fingerprint density at radius 3 is 2.38 bits per heavy atom. The van der Waals surface area contributed by atoms with E-state index in [1.807, 2.05) is 12.3 Å². The summed E-state index contributed by atoms with van der Waals surface area (Å²) in [6.07, 6.45) is 8.76. The third kappa shape index (κ3) is 2.96. The summed E-state index contributed by atoms with van der Waals surface area (Å²) < 4.78 is 1.62. The molecule has 2 aliphatic rings. The van der Waals surface area contributed by atoms with E-state index in [1.54, 1.807) is 10.9 Å². The van der Waals surface area contributed by atoms with Gasteiger partial charge in [0, 0.05) is 25.5 Å². The number of nitrogens with zero attached hydrogens (tertiary/aromatic N) is 6. The maximum absolute atomic E-state index is 5.87. The summed E-state index contributed by atoms with van der Waals surface area (Å²) in [6, 6.07) is 1.84. The zero-order valence-corrected chi connectivity index (χ0v) is 11.9. The van der Waals surface area contributed by atoms with E-state index < -0.39 is 0 Å². The van der Waals surface area contributed by atoms with Crippen LogP contribution in [0.25, 0.3) is 5.95 Å². The summed E-state index contributed by atoms with van der Waals surface area (Å²) in [7, 11) is 0. The second kappa shape index (κ2) is 4.98. The normalized spacial score (nSPS) is 17.9. The van der Waals surface area contributed by atoms with Crippen LogP contribution in [-0.4, -0.2) is 37.8 Å². The predicted octanol–water partition coefficient (Wildman–Crippen LogP) is 1.27. The molecule has 21 heavy (non-hydrogen) atoms. The van der Waals surface area contributed by atoms with Crippen LogP contribution in [0.4, 0.5) is 11.9 Å². The fraction of sp³-hybridized carbons (Fsp3) is 0.571. The van der Waals surface area contributed by atoms with Crippen LogP contribution in [-0.2, 0) is 0 Å². The number of aromatic nitrogens is 5. The first-order valence-electron chi connectivity index (χ1n) is 7.54. The van der Waals surface area contributed by atoms with Crippen LogP contribution in [0.2, 0.25) is 0 Å². The highest BCUT2D eigenvalue weighted by molar-refractivity contribution is 5.38. The Morgan fingerprint density at radius 2 is 1.81 bits per heavy atom. The molecule has 0 bridgehead atoms. The zero-order valence-electron chi connectivity index (χ0n) is 11.9. The molecule has 2 N–H and O–H groups in total. The number of hydrogen-bond donors (Lipinski definition) is 1. The van der Waals surface area contributed by atoms with Crippen LogP contribution in [0, 0.1) is 11.8 Å². The summed E-state index contributed by atoms with van der Waals surface area (Å²) >= 11 is 0. The first-order valence-corrected chi connectivity index (χ1v) is 7.54. The van der Waals surface area contributed by atoms with Gasteiger partial charge in [-0.2, -0.15) is 20.1 Å². The molecule has 2 aromatic heterocycles. The average molecular weight is 285 g/mol. The molecule has 2 fully saturated rings. The molecule has 2 heterocycles. The highest BCUT2D eigenvalue weighted by Crippen LogP contribution is 2.35. The molecule has 0 saturated heterocycles. The molecular weight excluding hydrogens is 266 g/mol. The third-order valence-corrected chi connectivity index (χ3v) is 3.97. The highest BCUT2D eigenvalue weighted by atomic mass is 15.4. The molecule has 110 valence electrons. The van der Waals surface area contributed by atoms with Gasteiger partial charge in [-0.05, 0) is 43.6 Å². The smallest absolute Gasteiger partial charge is 0.257 e. The Hall–Kier alpha value is -2.18. The van der Waals surface area contributed by atoms with Crippen LogP contribution in [0.5, 0.6) is 0 Å². The van der Waals surface area contributed by atoms with Gasteiger partial charge < -0.3 is 10.6 Å². The van der Waals surface area contributed by atoms with Crippen LogP contribution >= 0.6 is 0 Å². The molecule has 0 amide bonds. The molecule has 7 nitrogen and oxygen atoms in total. The van der Waals surface area contributed by atoms with Crippen molar-refractivity contribution in [1.82, 2.24) is 24.7 Å². The van der Waals surface area contributed by atoms with Gasteiger partial charge in [0.15, 0.2) is 0 Å². The Kier molecular flexibility index (Phi) is 2.98. The fourth-order valence-electron chi connectivity index (χ4n) is 2.46. The maximum Gasteiger partial charge on any atom is 0.257 e. The predicted molar refractivity (Wildman–Crippen MR) is 79.0 cm³/mol. The van der Waals surface area contributed by atoms with Gasteiger partial charge in [-0.15, -0.1) is 0 Å². The minimum Gasteiger partial charge on any atom is -0.368 e. The Labute approximate surface area is 123 Å². The topological polar surface area (TPSA) is 85.8 Å². The number of anilines is 2. The second-order valence-electron chi connectivity index (χ2n) is 6.04. The Morgan fingerprint density at radius 1 is 1.10 bits per heavy atom. The zero-order chi connectivity index (χ0) is 14.2. The molecule has 2 saturated carbocycles. The summed E-state index contributed by atoms with van der Waals surface area (Å²) in [5.74, 6) is 3.00. The first kappa shape index (κ1) is 12.6. The Bertz CT molecular complexity index is 602. The average Bonchev–Trinajstić information content (AvgIpc) is 3.39. The monoisotopic (exact) mass is 285 g/mol. The van der Waals surface area contributed by atoms with Crippen molar-refractivity contribution in [3.8, 4) is 5.95 Å². The fourth-order valence-corrected chi connectivity index (χ4v) is 2.46. The van der Waals surface area contributed by atoms with Crippen molar-refractivity contribution in [3.63, 3.8) is 0 Å². The minimum atomic E-state index is 0.252. The lowest BCUT2D eigenvalue weighted by Crippen LogP contribution is -2.30. The molecule has 0 aliphatic heterocycles. The molecule has 0 atom stereocenters. The number of hydrogen-bond acceptors (Lipinski definition) is 6. The lowest BCUT2D eigenvalue weighted by atomic mass is 10.3. The van der Waals surface area contributed by atoms with E-state index >= 15 is 0 Å². The molecule has 7 heteroatoms. The third-order valence-electron chi connectivity index (χ3n) is 3.97. The second-order valence-corrected chi connectivity index (χ2v) is 6.04. The van der Waals surface area contributed by atoms with Gasteiger partial charge in [-0.1, -0.05) is 0 Å². The van der Waals surface area contributed by atoms with E-state index in [0.717, 1.165) is 24.9 Å². The van der Waals surface area contributed by atoms with Crippen molar-refractivity contribution in [2.24, 2.45) is 11.8 Å². The molecule has 0 aromatic carbocycles. The highest BCUT2D eigenvalue weighted by Gasteiger charge is 2.30. The van der Waals surface area contributed by atoms with Crippen molar-refractivity contribution in [1.29, 1.82) is 0 Å². The summed E-state index contributed by atoms with van der Waals surface area (Å²) in [5, 5.41) is 4.16. The van der Waals surface area contributed by atoms with Gasteiger partial charge in [-0.3, -0.25) is 0 Å². The minimum absolute atomic E-state index is 0.252. The van der Waals surface area contributed by atoms with Gasteiger partial charge in [0.2, 0.25) is 11.9 Å². The molecular formula is C14H19N7. The van der Waals surface area contributed by atoms with E-state index in [0.29, 0.717) is 11.9 Å². The van der Waals surface area contributed by atoms with E-state index in [2.05, 4.69) is 25.0 Å². The van der Waals surface area contributed by atoms with Crippen molar-refractivity contribution in [2.45, 2.75) is 25.7 Å². The van der Waals surface area contributed by atoms with Gasteiger partial charge in [0.05, 0.1) is 0 Å². The van der Waals surface area contributed by atoms with Crippen molar-refractivity contribution in [3.05, 3.63) is 18.5 Å². The largest absolute Gasteiger partial charge is 0.368 e. The van der Waals surface area contributed by atoms with Crippen molar-refractivity contribution >= 4 is 11.9 Å². The van der Waals surface area contributed by atoms with E-state index in [1.165, 1.54) is 25.7 Å². The molecule has 4 rings (SSSR count). The SMILES string of the molecule is Nc1nc(N(CC2CC2)CC2CC2)nc(-n2cccn2)n1. The lowest BCUT2D eigenvalue weighted by molar-refractivity contribution is 0.655. The van der Waals surface area contributed by atoms with Crippen molar-refractivity contribution < 1.29 is 0 Å². The maximum atomic E-state index is 5.87. The van der Waals surface area contributed by atoms with Crippen LogP contribution < -0.4 is 10.6 Å². The van der Waals surface area contributed by atoms with Crippen molar-refractivity contribution in [2.75, 3.05) is 23.7 Å². The number of nitrogens with two attached hydrogens (primary N) is 1. The van der Waals surface area contributed by atoms with E-state index in [-0.39, 0.29) is 5.95 Å². The molecule has 2 aromatic rings. The quantitative estimate of drug-likeness (QED) is 0.860. The van der Waals surface area contributed by atoms with E-state index in [9.17, 15) is 0 Å². The van der Waals surface area contributed by atoms with E-state index in [4.69, 9.17) is 5.73 Å². The Balaban J connectivity index is 1.64. The number of rotatable bonds is 6. The summed E-state index contributed by atoms with van der Waals surface area (Å²) in [4.78, 5) is 15.4. The van der Waals surface area contributed by atoms with Gasteiger partial charge in [0.1, 0.15) is 0 Å². The first-order chi connectivity index (χ1) is 10.3. The van der Waals surface area contributed by atoms with Gasteiger partial charge in [0.25, 0.3) is 5.95 Å². The molecule has 0 unspecified atom stereocenters. The molecule has 0 spiro atoms. The van der Waals surface area contributed by atoms with Gasteiger partial charge in [-0.25, -0.2) is 4.68 Å². The van der Waals surface area contributed by atoms with Crippen LogP contribution in [0.15, 0.2) is 18.5 Å². The summed E-state index contributed by atoms with van der Waals surface area (Å²) in [5.41, 5.74) is 5.87. The standard InChI is InChI=1S/C14H19N7/c15-12-17-13(19-14(18-12)21-7-1-6-16-21)20(8-10-2-3-10)9-11-4-5-11/h1,6-7,10-11H,2-5,8-9H2,(H2,15,17,18,19). The number of nitrogen functional groups attached to an aromatic ring is 1. The van der Waals surface area contributed by atoms with Gasteiger partial charge >= 0.3 is 0 Å². The van der Waals surface area contributed by atoms with Crippen LogP contribution in [0.3, 0.4) is 0 Å². The van der Waals surface area contributed by atoms with Crippen LogP contribution in [0.1, 0.15) is 25.7 Å². The molecule has 2 aliphatic carbocycles. The lowest BCUT2D eigenvalue weighted by Gasteiger charge is -2.22. The molecule has 0 radical (unpaired) electrons. The summed E-state index contributed by atoms with van der Waals surface area (Å²) in [6.45, 7) is 2.05.